The van der Waals surface area contributed by atoms with E-state index < -0.39 is 0 Å². The van der Waals surface area contributed by atoms with Crippen LogP contribution in [0.4, 0.5) is 0 Å². The zero-order valence-corrected chi connectivity index (χ0v) is 8.84. The minimum Gasteiger partial charge on any atom is -0.333 e. The van der Waals surface area contributed by atoms with Gasteiger partial charge in [0.1, 0.15) is 0 Å². The van der Waals surface area contributed by atoms with Crippen LogP contribution in [0.2, 0.25) is 0 Å². The lowest BCUT2D eigenvalue weighted by molar-refractivity contribution is 0.231. The molecule has 1 heterocycles. The standard InChI is InChI=1S/C9H19N.CH5N/c1-9(2)10-7-5-3-4-6-8-10;1-2/h9H,3-8H2,1-2H3;2H2,1H3. The van der Waals surface area contributed by atoms with Gasteiger partial charge in [-0.1, -0.05) is 12.8 Å². The van der Waals surface area contributed by atoms with Gasteiger partial charge in [0.05, 0.1) is 0 Å². The van der Waals surface area contributed by atoms with Gasteiger partial charge in [-0.15, -0.1) is 0 Å². The number of hydrogen-bond donors (Lipinski definition) is 1. The van der Waals surface area contributed by atoms with Gasteiger partial charge in [0.25, 0.3) is 0 Å². The van der Waals surface area contributed by atoms with Gasteiger partial charge in [-0.2, -0.15) is 0 Å². The number of rotatable bonds is 1. The van der Waals surface area contributed by atoms with E-state index in [0.29, 0.717) is 0 Å². The average molecular weight is 172 g/mol. The molecule has 0 radical (unpaired) electrons. The maximum absolute atomic E-state index is 4.50. The Morgan fingerprint density at radius 2 is 1.33 bits per heavy atom. The highest BCUT2D eigenvalue weighted by molar-refractivity contribution is 4.66. The van der Waals surface area contributed by atoms with Crippen molar-refractivity contribution in [3.63, 3.8) is 0 Å². The van der Waals surface area contributed by atoms with E-state index in [1.165, 1.54) is 45.8 Å². The van der Waals surface area contributed by atoms with Crippen molar-refractivity contribution in [1.82, 2.24) is 4.90 Å². The van der Waals surface area contributed by atoms with Crippen LogP contribution in [0, 0.1) is 0 Å². The highest BCUT2D eigenvalue weighted by Crippen LogP contribution is 2.11. The molecule has 1 aliphatic heterocycles. The van der Waals surface area contributed by atoms with Crippen molar-refractivity contribution in [2.45, 2.75) is 45.6 Å². The Hall–Kier alpha value is -0.0800. The third-order valence-corrected chi connectivity index (χ3v) is 2.37. The Kier molecular flexibility index (Phi) is 7.51. The van der Waals surface area contributed by atoms with Gasteiger partial charge < -0.3 is 10.6 Å². The first kappa shape index (κ1) is 11.9. The topological polar surface area (TPSA) is 29.3 Å². The summed E-state index contributed by atoms with van der Waals surface area (Å²) in [4.78, 5) is 2.59. The second kappa shape index (κ2) is 7.56. The fraction of sp³-hybridized carbons (Fsp3) is 1.00. The van der Waals surface area contributed by atoms with Gasteiger partial charge in [-0.3, -0.25) is 0 Å². The Balaban J connectivity index is 0.000000561. The zero-order valence-electron chi connectivity index (χ0n) is 8.84. The summed E-state index contributed by atoms with van der Waals surface area (Å²) in [6.45, 7) is 7.26. The van der Waals surface area contributed by atoms with Crippen molar-refractivity contribution in [1.29, 1.82) is 0 Å². The molecule has 0 saturated carbocycles. The van der Waals surface area contributed by atoms with Crippen molar-refractivity contribution >= 4 is 0 Å². The van der Waals surface area contributed by atoms with Crippen molar-refractivity contribution in [3.05, 3.63) is 0 Å². The highest BCUT2D eigenvalue weighted by Gasteiger charge is 2.10. The molecule has 0 atom stereocenters. The van der Waals surface area contributed by atoms with Crippen LogP contribution in [0.5, 0.6) is 0 Å². The van der Waals surface area contributed by atoms with E-state index in [9.17, 15) is 0 Å². The molecule has 1 aliphatic rings. The summed E-state index contributed by atoms with van der Waals surface area (Å²) in [6, 6.07) is 0.762. The predicted octanol–water partition coefficient (Wildman–Crippen LogP) is 1.85. The predicted molar refractivity (Wildman–Crippen MR) is 55.3 cm³/mol. The lowest BCUT2D eigenvalue weighted by atomic mass is 10.2. The van der Waals surface area contributed by atoms with Gasteiger partial charge in [0.15, 0.2) is 0 Å². The average Bonchev–Trinajstić information content (AvgIpc) is 2.35. The van der Waals surface area contributed by atoms with Gasteiger partial charge in [-0.05, 0) is 46.8 Å². The monoisotopic (exact) mass is 172 g/mol. The van der Waals surface area contributed by atoms with E-state index in [1.54, 1.807) is 0 Å². The molecule has 0 aromatic carbocycles. The number of likely N-dealkylation sites (tertiary alicyclic amines) is 1. The molecule has 0 amide bonds. The lowest BCUT2D eigenvalue weighted by Crippen LogP contribution is -2.31. The molecule has 0 spiro atoms. The van der Waals surface area contributed by atoms with Crippen LogP contribution in [0.25, 0.3) is 0 Å². The van der Waals surface area contributed by atoms with E-state index >= 15 is 0 Å². The molecular weight excluding hydrogens is 148 g/mol. The second-order valence-electron chi connectivity index (χ2n) is 3.54. The molecule has 1 saturated heterocycles. The van der Waals surface area contributed by atoms with E-state index in [2.05, 4.69) is 24.5 Å². The van der Waals surface area contributed by atoms with Crippen molar-refractivity contribution in [2.75, 3.05) is 20.1 Å². The quantitative estimate of drug-likeness (QED) is 0.654. The van der Waals surface area contributed by atoms with Gasteiger partial charge in [-0.25, -0.2) is 0 Å². The third kappa shape index (κ3) is 4.73. The van der Waals surface area contributed by atoms with Crippen LogP contribution in [0.3, 0.4) is 0 Å². The van der Waals surface area contributed by atoms with E-state index in [4.69, 9.17) is 0 Å². The van der Waals surface area contributed by atoms with Crippen LogP contribution in [-0.4, -0.2) is 31.1 Å². The molecule has 1 fully saturated rings. The van der Waals surface area contributed by atoms with Crippen LogP contribution in [-0.2, 0) is 0 Å². The fourth-order valence-electron chi connectivity index (χ4n) is 1.61. The minimum atomic E-state index is 0.762. The van der Waals surface area contributed by atoms with E-state index in [-0.39, 0.29) is 0 Å². The van der Waals surface area contributed by atoms with Crippen molar-refractivity contribution in [2.24, 2.45) is 5.73 Å². The zero-order chi connectivity index (χ0) is 9.40. The Morgan fingerprint density at radius 1 is 0.917 bits per heavy atom. The summed E-state index contributed by atoms with van der Waals surface area (Å²) in [5.41, 5.74) is 4.50. The maximum Gasteiger partial charge on any atom is 0.00385 e. The number of nitrogens with two attached hydrogens (primary N) is 1. The molecule has 0 aromatic rings. The molecule has 0 unspecified atom stereocenters. The van der Waals surface area contributed by atoms with Crippen LogP contribution >= 0.6 is 0 Å². The molecule has 74 valence electrons. The molecule has 1 rings (SSSR count). The summed E-state index contributed by atoms with van der Waals surface area (Å²) >= 11 is 0. The summed E-state index contributed by atoms with van der Waals surface area (Å²) in [7, 11) is 1.50. The van der Waals surface area contributed by atoms with Crippen LogP contribution < -0.4 is 5.73 Å². The van der Waals surface area contributed by atoms with Crippen LogP contribution in [0.15, 0.2) is 0 Å². The summed E-state index contributed by atoms with van der Waals surface area (Å²) in [6.07, 6.45) is 5.72. The smallest absolute Gasteiger partial charge is 0.00385 e. The molecule has 0 aliphatic carbocycles. The molecule has 2 nitrogen and oxygen atoms in total. The van der Waals surface area contributed by atoms with Gasteiger partial charge in [0.2, 0.25) is 0 Å². The third-order valence-electron chi connectivity index (χ3n) is 2.37. The first-order chi connectivity index (χ1) is 5.80. The molecule has 2 heteroatoms. The summed E-state index contributed by atoms with van der Waals surface area (Å²) in [5, 5.41) is 0. The Bertz CT molecular complexity index is 83.8. The van der Waals surface area contributed by atoms with Gasteiger partial charge >= 0.3 is 0 Å². The van der Waals surface area contributed by atoms with Crippen molar-refractivity contribution in [3.8, 4) is 0 Å². The normalized spacial score (nSPS) is 19.8. The first-order valence-electron chi connectivity index (χ1n) is 5.12. The second-order valence-corrected chi connectivity index (χ2v) is 3.54. The van der Waals surface area contributed by atoms with Gasteiger partial charge in [0, 0.05) is 6.04 Å². The Morgan fingerprint density at radius 3 is 1.67 bits per heavy atom. The van der Waals surface area contributed by atoms with Crippen LogP contribution in [0.1, 0.15) is 39.5 Å². The summed E-state index contributed by atoms with van der Waals surface area (Å²) < 4.78 is 0. The number of nitrogens with zero attached hydrogens (tertiary/aromatic N) is 1. The SMILES string of the molecule is CC(C)N1CCCCCC1.CN. The van der Waals surface area contributed by atoms with E-state index in [1.807, 2.05) is 0 Å². The minimum absolute atomic E-state index is 0.762. The molecule has 2 N–H and O–H groups in total. The number of hydrogen-bond acceptors (Lipinski definition) is 2. The van der Waals surface area contributed by atoms with Crippen molar-refractivity contribution < 1.29 is 0 Å². The molecular formula is C10H24N2. The largest absolute Gasteiger partial charge is 0.333 e. The molecule has 0 bridgehead atoms. The maximum atomic E-state index is 4.50. The molecule has 12 heavy (non-hydrogen) atoms. The first-order valence-corrected chi connectivity index (χ1v) is 5.12. The highest BCUT2D eigenvalue weighted by atomic mass is 15.1. The fourth-order valence-corrected chi connectivity index (χ4v) is 1.61. The molecule has 0 aromatic heterocycles. The van der Waals surface area contributed by atoms with E-state index in [0.717, 1.165) is 6.04 Å². The Labute approximate surface area is 77.1 Å². The summed E-state index contributed by atoms with van der Waals surface area (Å²) in [5.74, 6) is 0. The lowest BCUT2D eigenvalue weighted by Gasteiger charge is -2.23.